The molecule has 0 rings (SSSR count). The molecule has 2 atom stereocenters. The molecule has 0 aliphatic rings. The van der Waals surface area contributed by atoms with Crippen LogP contribution in [-0.4, -0.2) is 34.9 Å². The minimum Gasteiger partial charge on any atom is -0.394 e. The van der Waals surface area contributed by atoms with E-state index in [1.807, 2.05) is 6.08 Å². The summed E-state index contributed by atoms with van der Waals surface area (Å²) in [5.74, 6) is -0.0623. The van der Waals surface area contributed by atoms with Gasteiger partial charge in [-0.2, -0.15) is 0 Å². The molecule has 250 valence electrons. The van der Waals surface area contributed by atoms with Crippen LogP contribution in [0.4, 0.5) is 0 Å². The molecule has 0 aliphatic heterocycles. The Balaban J connectivity index is 3.59. The molecule has 1 amide bonds. The maximum atomic E-state index is 12.3. The molecule has 0 aliphatic carbocycles. The van der Waals surface area contributed by atoms with Crippen LogP contribution in [0.5, 0.6) is 0 Å². The number of allylic oxidation sites excluding steroid dienone is 1. The number of unbranched alkanes of at least 4 members (excludes halogenated alkanes) is 27. The predicted octanol–water partition coefficient (Wildman–Crippen LogP) is 11.1. The number of hydrogen-bond acceptors (Lipinski definition) is 3. The third-order valence-electron chi connectivity index (χ3n) is 8.77. The largest absolute Gasteiger partial charge is 0.394 e. The molecule has 4 nitrogen and oxygen atoms in total. The summed E-state index contributed by atoms with van der Waals surface area (Å²) in [5, 5.41) is 22.9. The van der Waals surface area contributed by atoms with Gasteiger partial charge in [0.25, 0.3) is 0 Å². The van der Waals surface area contributed by atoms with Crippen molar-refractivity contribution in [1.29, 1.82) is 0 Å². The molecule has 0 heterocycles. The number of nitrogens with one attached hydrogen (secondary N) is 1. The van der Waals surface area contributed by atoms with Gasteiger partial charge < -0.3 is 15.5 Å². The molecular weight excluding hydrogens is 518 g/mol. The zero-order valence-corrected chi connectivity index (χ0v) is 28.5. The Kier molecular flexibility index (Phi) is 33.9. The van der Waals surface area contributed by atoms with Crippen molar-refractivity contribution in [2.45, 2.75) is 219 Å². The lowest BCUT2D eigenvalue weighted by Gasteiger charge is -2.20. The Hall–Kier alpha value is -0.870. The summed E-state index contributed by atoms with van der Waals surface area (Å²) in [6.45, 7) is 4.31. The van der Waals surface area contributed by atoms with Crippen molar-refractivity contribution in [3.63, 3.8) is 0 Å². The fourth-order valence-corrected chi connectivity index (χ4v) is 5.82. The molecular formula is C38H75NO3. The second kappa shape index (κ2) is 34.6. The summed E-state index contributed by atoms with van der Waals surface area (Å²) in [6, 6.07) is -0.614. The average molecular weight is 594 g/mol. The summed E-state index contributed by atoms with van der Waals surface area (Å²) < 4.78 is 0. The summed E-state index contributed by atoms with van der Waals surface area (Å²) in [5.41, 5.74) is 0. The van der Waals surface area contributed by atoms with Gasteiger partial charge >= 0.3 is 0 Å². The molecule has 42 heavy (non-hydrogen) atoms. The number of rotatable bonds is 34. The molecule has 4 heteroatoms. The number of carbonyl (C=O) groups is 1. The van der Waals surface area contributed by atoms with Gasteiger partial charge in [-0.3, -0.25) is 4.79 Å². The Labute approximate surface area is 263 Å². The molecule has 2 unspecified atom stereocenters. The number of carbonyl (C=O) groups excluding carboxylic acids is 1. The normalized spacial score (nSPS) is 13.1. The van der Waals surface area contributed by atoms with Crippen LogP contribution in [-0.2, 0) is 4.79 Å². The van der Waals surface area contributed by atoms with E-state index in [1.165, 1.54) is 161 Å². The Bertz CT molecular complexity index is 565. The first-order chi connectivity index (χ1) is 20.7. The van der Waals surface area contributed by atoms with E-state index in [9.17, 15) is 15.0 Å². The molecule has 0 saturated heterocycles. The van der Waals surface area contributed by atoms with Crippen molar-refractivity contribution in [1.82, 2.24) is 5.32 Å². The molecule has 3 N–H and O–H groups in total. The topological polar surface area (TPSA) is 69.6 Å². The van der Waals surface area contributed by atoms with Crippen LogP contribution >= 0.6 is 0 Å². The number of aliphatic hydroxyl groups is 2. The second-order valence-corrected chi connectivity index (χ2v) is 13.0. The average Bonchev–Trinajstić information content (AvgIpc) is 2.99. The molecule has 0 aromatic heterocycles. The van der Waals surface area contributed by atoms with Crippen molar-refractivity contribution in [3.8, 4) is 0 Å². The lowest BCUT2D eigenvalue weighted by Crippen LogP contribution is -2.45. The Morgan fingerprint density at radius 3 is 1.24 bits per heavy atom. The van der Waals surface area contributed by atoms with Gasteiger partial charge in [0.2, 0.25) is 5.91 Å². The summed E-state index contributed by atoms with van der Waals surface area (Å²) in [4.78, 5) is 12.3. The van der Waals surface area contributed by atoms with E-state index >= 15 is 0 Å². The van der Waals surface area contributed by atoms with Gasteiger partial charge in [-0.05, 0) is 19.3 Å². The van der Waals surface area contributed by atoms with E-state index in [1.54, 1.807) is 6.08 Å². The number of aliphatic hydroxyl groups excluding tert-OH is 2. The van der Waals surface area contributed by atoms with E-state index in [4.69, 9.17) is 0 Å². The Morgan fingerprint density at radius 2 is 0.881 bits per heavy atom. The maximum absolute atomic E-state index is 12.3. The molecule has 0 bridgehead atoms. The van der Waals surface area contributed by atoms with Crippen molar-refractivity contribution in [2.75, 3.05) is 6.61 Å². The summed E-state index contributed by atoms with van der Waals surface area (Å²) in [6.07, 6.45) is 41.5. The molecule has 0 fully saturated rings. The summed E-state index contributed by atoms with van der Waals surface area (Å²) >= 11 is 0. The van der Waals surface area contributed by atoms with Crippen molar-refractivity contribution >= 4 is 5.91 Å². The molecule has 0 aromatic carbocycles. The first-order valence-electron chi connectivity index (χ1n) is 18.9. The maximum Gasteiger partial charge on any atom is 0.220 e. The minimum absolute atomic E-state index is 0.0623. The highest BCUT2D eigenvalue weighted by Crippen LogP contribution is 2.15. The fraction of sp³-hybridized carbons (Fsp3) is 0.921. The van der Waals surface area contributed by atoms with Crippen molar-refractivity contribution in [2.24, 2.45) is 0 Å². The van der Waals surface area contributed by atoms with Crippen molar-refractivity contribution < 1.29 is 15.0 Å². The standard InChI is InChI=1S/C38H75NO3/c1-3-5-7-9-11-13-15-17-19-21-23-25-27-29-31-33-37(41)36(35-40)39-38(42)34-32-30-28-26-24-22-20-18-16-14-12-10-8-6-4-2/h31,33,36-37,40-41H,3-30,32,34-35H2,1-2H3,(H,39,42)/b33-31+. The van der Waals surface area contributed by atoms with Crippen LogP contribution in [0.25, 0.3) is 0 Å². The van der Waals surface area contributed by atoms with Gasteiger partial charge in [0.15, 0.2) is 0 Å². The van der Waals surface area contributed by atoms with Gasteiger partial charge in [-0.25, -0.2) is 0 Å². The first kappa shape index (κ1) is 41.1. The zero-order chi connectivity index (χ0) is 30.8. The van der Waals surface area contributed by atoms with Gasteiger partial charge in [0.1, 0.15) is 0 Å². The van der Waals surface area contributed by atoms with Crippen molar-refractivity contribution in [3.05, 3.63) is 12.2 Å². The van der Waals surface area contributed by atoms with E-state index in [0.29, 0.717) is 6.42 Å². The van der Waals surface area contributed by atoms with E-state index in [-0.39, 0.29) is 12.5 Å². The van der Waals surface area contributed by atoms with E-state index < -0.39 is 12.1 Å². The molecule has 0 radical (unpaired) electrons. The van der Waals surface area contributed by atoms with Crippen LogP contribution in [0.3, 0.4) is 0 Å². The first-order valence-corrected chi connectivity index (χ1v) is 18.9. The van der Waals surface area contributed by atoms with Crippen LogP contribution < -0.4 is 5.32 Å². The van der Waals surface area contributed by atoms with Crippen LogP contribution in [0.1, 0.15) is 206 Å². The van der Waals surface area contributed by atoms with Gasteiger partial charge in [-0.1, -0.05) is 193 Å². The predicted molar refractivity (Wildman–Crippen MR) is 184 cm³/mol. The third kappa shape index (κ3) is 30.6. The highest BCUT2D eigenvalue weighted by molar-refractivity contribution is 5.76. The number of hydrogen-bond donors (Lipinski definition) is 3. The second-order valence-electron chi connectivity index (χ2n) is 13.0. The molecule has 0 saturated carbocycles. The van der Waals surface area contributed by atoms with Crippen LogP contribution in [0.2, 0.25) is 0 Å². The van der Waals surface area contributed by atoms with E-state index in [0.717, 1.165) is 25.7 Å². The lowest BCUT2D eigenvalue weighted by atomic mass is 10.0. The Morgan fingerprint density at radius 1 is 0.548 bits per heavy atom. The monoisotopic (exact) mass is 594 g/mol. The lowest BCUT2D eigenvalue weighted by molar-refractivity contribution is -0.123. The SMILES string of the molecule is CCCCCCCCCCCCCCC/C=C/C(O)C(CO)NC(=O)CCCCCCCCCCCCCCCCC. The number of amides is 1. The van der Waals surface area contributed by atoms with Crippen LogP contribution in [0, 0.1) is 0 Å². The smallest absolute Gasteiger partial charge is 0.220 e. The third-order valence-corrected chi connectivity index (χ3v) is 8.77. The summed E-state index contributed by atoms with van der Waals surface area (Å²) in [7, 11) is 0. The quantitative estimate of drug-likeness (QED) is 0.0513. The zero-order valence-electron chi connectivity index (χ0n) is 28.5. The van der Waals surface area contributed by atoms with Gasteiger partial charge in [-0.15, -0.1) is 0 Å². The fourth-order valence-electron chi connectivity index (χ4n) is 5.82. The van der Waals surface area contributed by atoms with Gasteiger partial charge in [0.05, 0.1) is 18.8 Å². The molecule has 0 aromatic rings. The molecule has 0 spiro atoms. The van der Waals surface area contributed by atoms with E-state index in [2.05, 4.69) is 19.2 Å². The van der Waals surface area contributed by atoms with Gasteiger partial charge in [0, 0.05) is 6.42 Å². The van der Waals surface area contributed by atoms with Crippen LogP contribution in [0.15, 0.2) is 12.2 Å². The highest BCUT2D eigenvalue weighted by Gasteiger charge is 2.17. The minimum atomic E-state index is -0.831. The highest BCUT2D eigenvalue weighted by atomic mass is 16.3.